The maximum Gasteiger partial charge on any atom is 0.411 e. The number of hydrogen-bond donors (Lipinski definition) is 2. The second-order valence-electron chi connectivity index (χ2n) is 6.15. The van der Waals surface area contributed by atoms with Crippen LogP contribution in [0.2, 0.25) is 0 Å². The molecule has 2 rings (SSSR count). The van der Waals surface area contributed by atoms with Crippen molar-refractivity contribution in [2.24, 2.45) is 4.99 Å². The largest absolute Gasteiger partial charge is 0.444 e. The van der Waals surface area contributed by atoms with Gasteiger partial charge in [-0.15, -0.1) is 24.0 Å². The average Bonchev–Trinajstić information content (AvgIpc) is 3.11. The number of rotatable bonds is 9. The number of guanidine groups is 1. The standard InChI is InChI=1S/C19H25F3N4O2.HI/c1-3-23-18(24-9-4-10-27-13-19(20,21)22)25-11-16-12-28-17(26-16)15-7-5-14(2)6-8-15;/h5-8,12H,3-4,9-11,13H2,1-2H3,(H2,23,24,25);1H. The molecule has 0 aliphatic heterocycles. The van der Waals surface area contributed by atoms with Crippen molar-refractivity contribution in [3.63, 3.8) is 0 Å². The fourth-order valence-electron chi connectivity index (χ4n) is 2.28. The van der Waals surface area contributed by atoms with E-state index in [1.165, 1.54) is 0 Å². The predicted molar refractivity (Wildman–Crippen MR) is 116 cm³/mol. The van der Waals surface area contributed by atoms with Crippen LogP contribution < -0.4 is 10.6 Å². The van der Waals surface area contributed by atoms with Crippen LogP contribution in [0.5, 0.6) is 0 Å². The highest BCUT2D eigenvalue weighted by Gasteiger charge is 2.27. The smallest absolute Gasteiger partial charge is 0.411 e. The number of oxazole rings is 1. The van der Waals surface area contributed by atoms with Crippen LogP contribution >= 0.6 is 24.0 Å². The number of aryl methyl sites for hydroxylation is 1. The molecule has 1 aromatic carbocycles. The van der Waals surface area contributed by atoms with Gasteiger partial charge in [0, 0.05) is 25.3 Å². The van der Waals surface area contributed by atoms with Crippen molar-refractivity contribution in [1.82, 2.24) is 15.6 Å². The Bertz CT molecular complexity index is 749. The summed E-state index contributed by atoms with van der Waals surface area (Å²) in [6.07, 6.45) is -2.30. The van der Waals surface area contributed by atoms with Gasteiger partial charge in [0.05, 0.1) is 6.54 Å². The summed E-state index contributed by atoms with van der Waals surface area (Å²) < 4.78 is 46.1. The average molecular weight is 526 g/mol. The Morgan fingerprint density at radius 3 is 2.59 bits per heavy atom. The zero-order valence-electron chi connectivity index (χ0n) is 16.4. The molecule has 0 saturated heterocycles. The molecule has 1 aromatic heterocycles. The minimum atomic E-state index is -4.29. The van der Waals surface area contributed by atoms with Crippen molar-refractivity contribution >= 4 is 29.9 Å². The third kappa shape index (κ3) is 9.97. The Kier molecular flexibility index (Phi) is 11.0. The summed E-state index contributed by atoms with van der Waals surface area (Å²) in [6.45, 7) is 4.15. The molecule has 0 atom stereocenters. The normalized spacial score (nSPS) is 11.8. The molecule has 29 heavy (non-hydrogen) atoms. The number of hydrogen-bond acceptors (Lipinski definition) is 4. The molecule has 1 heterocycles. The Balaban J connectivity index is 0.00000420. The number of nitrogens with zero attached hydrogens (tertiary/aromatic N) is 2. The Labute approximate surface area is 185 Å². The van der Waals surface area contributed by atoms with Gasteiger partial charge in [0.25, 0.3) is 0 Å². The predicted octanol–water partition coefficient (Wildman–Crippen LogP) is 4.29. The molecule has 0 unspecified atom stereocenters. The Morgan fingerprint density at radius 1 is 1.21 bits per heavy atom. The highest BCUT2D eigenvalue weighted by Crippen LogP contribution is 2.19. The first-order valence-electron chi connectivity index (χ1n) is 9.05. The summed E-state index contributed by atoms with van der Waals surface area (Å²) in [5, 5.41) is 6.12. The third-order valence-corrected chi connectivity index (χ3v) is 3.62. The van der Waals surface area contributed by atoms with E-state index in [2.05, 4.69) is 25.3 Å². The molecular weight excluding hydrogens is 500 g/mol. The lowest BCUT2D eigenvalue weighted by molar-refractivity contribution is -0.173. The van der Waals surface area contributed by atoms with Gasteiger partial charge in [0.1, 0.15) is 18.6 Å². The number of aromatic nitrogens is 1. The van der Waals surface area contributed by atoms with Crippen molar-refractivity contribution in [3.05, 3.63) is 41.8 Å². The maximum absolute atomic E-state index is 12.0. The van der Waals surface area contributed by atoms with E-state index in [9.17, 15) is 13.2 Å². The third-order valence-electron chi connectivity index (χ3n) is 3.62. The van der Waals surface area contributed by atoms with Gasteiger partial charge in [0.2, 0.25) is 5.89 Å². The fourth-order valence-corrected chi connectivity index (χ4v) is 2.28. The number of halogens is 4. The molecule has 2 N–H and O–H groups in total. The summed E-state index contributed by atoms with van der Waals surface area (Å²) in [4.78, 5) is 8.84. The molecule has 0 aliphatic rings. The monoisotopic (exact) mass is 526 g/mol. The van der Waals surface area contributed by atoms with Crippen LogP contribution in [0.25, 0.3) is 11.5 Å². The molecule has 0 bridgehead atoms. The van der Waals surface area contributed by atoms with Gasteiger partial charge in [-0.3, -0.25) is 0 Å². The zero-order chi connectivity index (χ0) is 20.4. The van der Waals surface area contributed by atoms with Crippen molar-refractivity contribution in [2.45, 2.75) is 33.0 Å². The van der Waals surface area contributed by atoms with Crippen molar-refractivity contribution in [2.75, 3.05) is 26.3 Å². The van der Waals surface area contributed by atoms with Crippen molar-refractivity contribution in [1.29, 1.82) is 0 Å². The molecule has 0 amide bonds. The molecular formula is C19H26F3IN4O2. The van der Waals surface area contributed by atoms with Crippen LogP contribution in [0.4, 0.5) is 13.2 Å². The molecule has 0 radical (unpaired) electrons. The van der Waals surface area contributed by atoms with E-state index in [-0.39, 0.29) is 30.6 Å². The van der Waals surface area contributed by atoms with E-state index in [1.54, 1.807) is 6.26 Å². The molecule has 2 aromatic rings. The first kappa shape index (κ1) is 25.2. The number of aliphatic imine (C=N–C) groups is 1. The van der Waals surface area contributed by atoms with E-state index in [0.29, 0.717) is 43.6 Å². The minimum Gasteiger partial charge on any atom is -0.444 e. The molecule has 0 fully saturated rings. The Hall–Kier alpha value is -1.82. The number of ether oxygens (including phenoxy) is 1. The zero-order valence-corrected chi connectivity index (χ0v) is 18.7. The lowest BCUT2D eigenvalue weighted by Crippen LogP contribution is -2.38. The molecule has 0 saturated carbocycles. The van der Waals surface area contributed by atoms with Crippen LogP contribution in [0, 0.1) is 6.92 Å². The van der Waals surface area contributed by atoms with Crippen LogP contribution in [-0.4, -0.2) is 43.4 Å². The van der Waals surface area contributed by atoms with Crippen LogP contribution in [0.1, 0.15) is 24.6 Å². The van der Waals surface area contributed by atoms with E-state index in [0.717, 1.165) is 11.1 Å². The van der Waals surface area contributed by atoms with E-state index < -0.39 is 12.8 Å². The maximum atomic E-state index is 12.0. The lowest BCUT2D eigenvalue weighted by atomic mass is 10.1. The quantitative estimate of drug-likeness (QED) is 0.221. The molecule has 162 valence electrons. The fraction of sp³-hybridized carbons (Fsp3) is 0.474. The second kappa shape index (κ2) is 12.7. The molecule has 10 heteroatoms. The summed E-state index contributed by atoms with van der Waals surface area (Å²) in [5.74, 6) is 1.09. The molecule has 6 nitrogen and oxygen atoms in total. The summed E-state index contributed by atoms with van der Waals surface area (Å²) >= 11 is 0. The van der Waals surface area contributed by atoms with E-state index >= 15 is 0 Å². The summed E-state index contributed by atoms with van der Waals surface area (Å²) in [6, 6.07) is 7.87. The van der Waals surface area contributed by atoms with Gasteiger partial charge in [-0.05, 0) is 32.4 Å². The van der Waals surface area contributed by atoms with E-state index in [4.69, 9.17) is 4.42 Å². The lowest BCUT2D eigenvalue weighted by Gasteiger charge is -2.11. The first-order chi connectivity index (χ1) is 13.4. The van der Waals surface area contributed by atoms with Gasteiger partial charge in [-0.2, -0.15) is 13.2 Å². The highest BCUT2D eigenvalue weighted by molar-refractivity contribution is 14.0. The van der Waals surface area contributed by atoms with E-state index in [1.807, 2.05) is 38.1 Å². The van der Waals surface area contributed by atoms with Crippen molar-refractivity contribution < 1.29 is 22.3 Å². The molecule has 0 spiro atoms. The Morgan fingerprint density at radius 2 is 1.93 bits per heavy atom. The van der Waals surface area contributed by atoms with Gasteiger partial charge < -0.3 is 19.8 Å². The van der Waals surface area contributed by atoms with Gasteiger partial charge in [0.15, 0.2) is 5.96 Å². The minimum absolute atomic E-state index is 0. The number of alkyl halides is 3. The van der Waals surface area contributed by atoms with Crippen LogP contribution in [0.15, 0.2) is 39.9 Å². The highest BCUT2D eigenvalue weighted by atomic mass is 127. The SMILES string of the molecule is CCNC(=NCc1coc(-c2ccc(C)cc2)n1)NCCCOCC(F)(F)F.I. The van der Waals surface area contributed by atoms with Crippen molar-refractivity contribution in [3.8, 4) is 11.5 Å². The van der Waals surface area contributed by atoms with Gasteiger partial charge in [-0.1, -0.05) is 17.7 Å². The second-order valence-corrected chi connectivity index (χ2v) is 6.15. The number of benzene rings is 1. The summed E-state index contributed by atoms with van der Waals surface area (Å²) in [5.41, 5.74) is 2.73. The number of nitrogens with one attached hydrogen (secondary N) is 2. The van der Waals surface area contributed by atoms with Crippen LogP contribution in [-0.2, 0) is 11.3 Å². The van der Waals surface area contributed by atoms with Gasteiger partial charge >= 0.3 is 6.18 Å². The van der Waals surface area contributed by atoms with Gasteiger partial charge in [-0.25, -0.2) is 9.98 Å². The molecule has 0 aliphatic carbocycles. The topological polar surface area (TPSA) is 71.7 Å². The summed E-state index contributed by atoms with van der Waals surface area (Å²) in [7, 11) is 0. The first-order valence-corrected chi connectivity index (χ1v) is 9.05. The van der Waals surface area contributed by atoms with Crippen LogP contribution in [0.3, 0.4) is 0 Å².